The molecule has 3 nitrogen and oxygen atoms in total. The molecule has 0 aliphatic heterocycles. The minimum absolute atomic E-state index is 0.621. The summed E-state index contributed by atoms with van der Waals surface area (Å²) in [5.41, 5.74) is 9.49. The van der Waals surface area contributed by atoms with E-state index in [4.69, 9.17) is 5.73 Å². The van der Waals surface area contributed by atoms with Gasteiger partial charge in [-0.05, 0) is 30.5 Å². The maximum atomic E-state index is 5.90. The van der Waals surface area contributed by atoms with E-state index in [0.717, 1.165) is 18.8 Å². The van der Waals surface area contributed by atoms with E-state index in [0.29, 0.717) is 5.92 Å². The number of nitrogens with one attached hydrogen (secondary N) is 1. The predicted octanol–water partition coefficient (Wildman–Crippen LogP) is 2.65. The molecule has 0 amide bonds. The highest BCUT2D eigenvalue weighted by atomic mass is 15.1. The fraction of sp³-hybridized carbons (Fsp3) is 0.500. The van der Waals surface area contributed by atoms with Gasteiger partial charge in [-0.2, -0.15) is 0 Å². The minimum atomic E-state index is 0.621. The third-order valence-electron chi connectivity index (χ3n) is 3.33. The van der Waals surface area contributed by atoms with Crippen LogP contribution in [0.3, 0.4) is 0 Å². The molecule has 0 saturated carbocycles. The van der Waals surface area contributed by atoms with Crippen molar-refractivity contribution < 1.29 is 0 Å². The number of hydrogen-bond donors (Lipinski definition) is 2. The van der Waals surface area contributed by atoms with Crippen LogP contribution in [0.2, 0.25) is 0 Å². The lowest BCUT2D eigenvalue weighted by Crippen LogP contribution is -2.20. The topological polar surface area (TPSA) is 41.3 Å². The Labute approximate surface area is 117 Å². The number of rotatable bonds is 7. The van der Waals surface area contributed by atoms with E-state index >= 15 is 0 Å². The van der Waals surface area contributed by atoms with Crippen LogP contribution >= 0.6 is 0 Å². The molecule has 0 heterocycles. The molecular weight excluding hydrogens is 234 g/mol. The lowest BCUT2D eigenvalue weighted by Gasteiger charge is -2.17. The highest BCUT2D eigenvalue weighted by Gasteiger charge is 2.04. The molecule has 1 unspecified atom stereocenters. The Morgan fingerprint density at radius 3 is 2.84 bits per heavy atom. The molecule has 0 saturated heterocycles. The first kappa shape index (κ1) is 15.6. The minimum Gasteiger partial charge on any atom is -0.400 e. The van der Waals surface area contributed by atoms with Crippen LogP contribution < -0.4 is 11.1 Å². The zero-order valence-electron chi connectivity index (χ0n) is 12.6. The summed E-state index contributed by atoms with van der Waals surface area (Å²) in [7, 11) is 3.95. The smallest absolute Gasteiger partial charge is 0.0421 e. The molecule has 19 heavy (non-hydrogen) atoms. The van der Waals surface area contributed by atoms with E-state index in [9.17, 15) is 0 Å². The number of benzene rings is 1. The van der Waals surface area contributed by atoms with Gasteiger partial charge in [0.05, 0.1) is 0 Å². The van der Waals surface area contributed by atoms with Crippen molar-refractivity contribution in [3.63, 3.8) is 0 Å². The summed E-state index contributed by atoms with van der Waals surface area (Å²) in [5, 5.41) is 3.05. The van der Waals surface area contributed by atoms with Gasteiger partial charge in [-0.25, -0.2) is 0 Å². The highest BCUT2D eigenvalue weighted by molar-refractivity contribution is 5.26. The monoisotopic (exact) mass is 261 g/mol. The van der Waals surface area contributed by atoms with E-state index in [1.165, 1.54) is 17.5 Å². The van der Waals surface area contributed by atoms with Gasteiger partial charge in [-0.15, -0.1) is 0 Å². The Balaban J connectivity index is 2.69. The molecular formula is C16H27N3. The second-order valence-corrected chi connectivity index (χ2v) is 5.20. The average Bonchev–Trinajstić information content (AvgIpc) is 2.38. The number of likely N-dealkylation sites (N-methyl/N-ethyl adjacent to an activating group) is 1. The summed E-state index contributed by atoms with van der Waals surface area (Å²) in [5.74, 6) is 0.621. The maximum absolute atomic E-state index is 5.90. The van der Waals surface area contributed by atoms with Crippen LogP contribution in [0.5, 0.6) is 0 Å². The molecule has 1 aromatic rings. The van der Waals surface area contributed by atoms with Crippen molar-refractivity contribution in [3.05, 3.63) is 47.3 Å². The molecule has 1 rings (SSSR count). The molecule has 0 bridgehead atoms. The molecule has 1 aromatic carbocycles. The Bertz CT molecular complexity index is 412. The fourth-order valence-electron chi connectivity index (χ4n) is 2.10. The molecule has 0 spiro atoms. The van der Waals surface area contributed by atoms with Crippen molar-refractivity contribution in [2.75, 3.05) is 20.6 Å². The molecule has 0 aliphatic rings. The summed E-state index contributed by atoms with van der Waals surface area (Å²) in [6.45, 7) is 6.10. The summed E-state index contributed by atoms with van der Waals surface area (Å²) in [6.07, 6.45) is 3.17. The van der Waals surface area contributed by atoms with E-state index in [1.54, 1.807) is 0 Å². The van der Waals surface area contributed by atoms with Gasteiger partial charge in [0.25, 0.3) is 0 Å². The average molecular weight is 261 g/mol. The van der Waals surface area contributed by atoms with E-state index in [1.807, 2.05) is 13.2 Å². The molecule has 0 aliphatic carbocycles. The number of nitrogens with zero attached hydrogens (tertiary/aromatic N) is 1. The first-order valence-electron chi connectivity index (χ1n) is 6.96. The van der Waals surface area contributed by atoms with Gasteiger partial charge in [0.15, 0.2) is 0 Å². The molecule has 0 fully saturated rings. The molecule has 0 radical (unpaired) electrons. The number of nitrogens with two attached hydrogens (primary N) is 1. The van der Waals surface area contributed by atoms with Crippen molar-refractivity contribution in [1.29, 1.82) is 0 Å². The van der Waals surface area contributed by atoms with Gasteiger partial charge in [-0.3, -0.25) is 0 Å². The van der Waals surface area contributed by atoms with Crippen molar-refractivity contribution >= 4 is 0 Å². The second-order valence-electron chi connectivity index (χ2n) is 5.20. The van der Waals surface area contributed by atoms with Crippen LogP contribution in [-0.2, 0) is 6.54 Å². The lowest BCUT2D eigenvalue weighted by atomic mass is 9.97. The third-order valence-corrected chi connectivity index (χ3v) is 3.33. The maximum Gasteiger partial charge on any atom is 0.0421 e. The van der Waals surface area contributed by atoms with Crippen LogP contribution in [0.15, 0.2) is 36.2 Å². The Kier molecular flexibility index (Phi) is 6.43. The first-order valence-corrected chi connectivity index (χ1v) is 6.96. The Hall–Kier alpha value is -1.48. The largest absolute Gasteiger partial charge is 0.400 e. The summed E-state index contributed by atoms with van der Waals surface area (Å²) in [4.78, 5) is 2.13. The standard InChI is InChI=1S/C16H27N3/c1-5-13(2)15-8-6-7-14(9-15)11-19(4)12-16(17)10-18-3/h6-9,12-13,18H,5,10-11,17H2,1-4H3/b16-12-. The highest BCUT2D eigenvalue weighted by Crippen LogP contribution is 2.20. The van der Waals surface area contributed by atoms with Gasteiger partial charge in [0.2, 0.25) is 0 Å². The summed E-state index contributed by atoms with van der Waals surface area (Å²) in [6, 6.07) is 8.82. The van der Waals surface area contributed by atoms with Crippen LogP contribution in [0, 0.1) is 0 Å². The van der Waals surface area contributed by atoms with Crippen molar-refractivity contribution in [1.82, 2.24) is 10.2 Å². The second kappa shape index (κ2) is 7.85. The predicted molar refractivity (Wildman–Crippen MR) is 82.8 cm³/mol. The molecule has 106 valence electrons. The van der Waals surface area contributed by atoms with Crippen LogP contribution in [0.1, 0.15) is 37.3 Å². The Morgan fingerprint density at radius 2 is 2.21 bits per heavy atom. The quantitative estimate of drug-likeness (QED) is 0.793. The zero-order valence-corrected chi connectivity index (χ0v) is 12.6. The van der Waals surface area contributed by atoms with Crippen LogP contribution in [0.4, 0.5) is 0 Å². The summed E-state index contributed by atoms with van der Waals surface area (Å²) >= 11 is 0. The van der Waals surface area contributed by atoms with Gasteiger partial charge in [0, 0.05) is 32.0 Å². The van der Waals surface area contributed by atoms with Crippen molar-refractivity contribution in [3.8, 4) is 0 Å². The zero-order chi connectivity index (χ0) is 14.3. The van der Waals surface area contributed by atoms with Crippen LogP contribution in [-0.4, -0.2) is 25.5 Å². The molecule has 3 N–H and O–H groups in total. The first-order chi connectivity index (χ1) is 9.06. The van der Waals surface area contributed by atoms with E-state index < -0.39 is 0 Å². The summed E-state index contributed by atoms with van der Waals surface area (Å²) < 4.78 is 0. The van der Waals surface area contributed by atoms with Gasteiger partial charge in [0.1, 0.15) is 0 Å². The fourth-order valence-corrected chi connectivity index (χ4v) is 2.10. The molecule has 3 heteroatoms. The molecule has 1 atom stereocenters. The Morgan fingerprint density at radius 1 is 1.47 bits per heavy atom. The van der Waals surface area contributed by atoms with Crippen LogP contribution in [0.25, 0.3) is 0 Å². The van der Waals surface area contributed by atoms with E-state index in [2.05, 4.69) is 55.4 Å². The normalized spacial score (nSPS) is 13.4. The van der Waals surface area contributed by atoms with Crippen molar-refractivity contribution in [2.24, 2.45) is 5.73 Å². The van der Waals surface area contributed by atoms with Gasteiger partial charge in [-0.1, -0.05) is 38.1 Å². The molecule has 0 aromatic heterocycles. The van der Waals surface area contributed by atoms with Gasteiger partial charge < -0.3 is 16.0 Å². The third kappa shape index (κ3) is 5.35. The van der Waals surface area contributed by atoms with Crippen molar-refractivity contribution in [2.45, 2.75) is 32.7 Å². The SMILES string of the molecule is CCC(C)c1cccc(CN(C)/C=C(\N)CNC)c1. The lowest BCUT2D eigenvalue weighted by molar-refractivity contribution is 0.445. The van der Waals surface area contributed by atoms with E-state index in [-0.39, 0.29) is 0 Å². The number of hydrogen-bond acceptors (Lipinski definition) is 3. The van der Waals surface area contributed by atoms with Gasteiger partial charge >= 0.3 is 0 Å².